The molecular weight excluding hydrogens is 392 g/mol. The zero-order valence-corrected chi connectivity index (χ0v) is 17.7. The van der Waals surface area contributed by atoms with Gasteiger partial charge in [0.1, 0.15) is 12.4 Å². The van der Waals surface area contributed by atoms with E-state index in [4.69, 9.17) is 14.2 Å². The van der Waals surface area contributed by atoms with Crippen LogP contribution in [0.4, 0.5) is 0 Å². The second-order valence-electron chi connectivity index (χ2n) is 6.73. The van der Waals surface area contributed by atoms with Crippen molar-refractivity contribution >= 4 is 12.1 Å². The van der Waals surface area contributed by atoms with Gasteiger partial charge in [-0.1, -0.05) is 49.4 Å². The van der Waals surface area contributed by atoms with E-state index >= 15 is 0 Å². The van der Waals surface area contributed by atoms with Crippen LogP contribution >= 0.6 is 0 Å². The summed E-state index contributed by atoms with van der Waals surface area (Å²) in [6, 6.07) is 22.4. The van der Waals surface area contributed by atoms with Crippen LogP contribution in [0.15, 0.2) is 77.9 Å². The van der Waals surface area contributed by atoms with Gasteiger partial charge < -0.3 is 14.2 Å². The van der Waals surface area contributed by atoms with E-state index in [-0.39, 0.29) is 5.91 Å². The predicted molar refractivity (Wildman–Crippen MR) is 121 cm³/mol. The molecule has 0 bridgehead atoms. The van der Waals surface area contributed by atoms with Gasteiger partial charge in [-0.15, -0.1) is 0 Å². The first-order valence-corrected chi connectivity index (χ1v) is 10.1. The fourth-order valence-corrected chi connectivity index (χ4v) is 2.82. The molecule has 0 radical (unpaired) electrons. The number of nitrogens with zero attached hydrogens (tertiary/aromatic N) is 1. The summed E-state index contributed by atoms with van der Waals surface area (Å²) in [5.74, 6) is 1.42. The Balaban J connectivity index is 1.63. The molecule has 0 aliphatic heterocycles. The summed E-state index contributed by atoms with van der Waals surface area (Å²) >= 11 is 0. The molecule has 0 aromatic heterocycles. The predicted octanol–water partition coefficient (Wildman–Crippen LogP) is 4.83. The van der Waals surface area contributed by atoms with Crippen LogP contribution in [0.3, 0.4) is 0 Å². The first-order valence-electron chi connectivity index (χ1n) is 10.1. The van der Waals surface area contributed by atoms with Crippen LogP contribution in [-0.4, -0.2) is 25.8 Å². The molecule has 0 saturated carbocycles. The molecule has 3 rings (SSSR count). The van der Waals surface area contributed by atoms with Crippen molar-refractivity contribution < 1.29 is 19.0 Å². The number of para-hydroxylation sites is 1. The minimum absolute atomic E-state index is 0.351. The van der Waals surface area contributed by atoms with Gasteiger partial charge in [0.25, 0.3) is 5.91 Å². The molecule has 0 aliphatic carbocycles. The molecular formula is C25H26N2O4. The third kappa shape index (κ3) is 6.34. The molecule has 31 heavy (non-hydrogen) atoms. The highest BCUT2D eigenvalue weighted by molar-refractivity contribution is 5.95. The fraction of sp³-hybridized carbons (Fsp3) is 0.200. The average molecular weight is 418 g/mol. The monoisotopic (exact) mass is 418 g/mol. The molecule has 0 unspecified atom stereocenters. The van der Waals surface area contributed by atoms with E-state index in [1.165, 1.54) is 7.11 Å². The van der Waals surface area contributed by atoms with Crippen LogP contribution in [0, 0.1) is 0 Å². The number of rotatable bonds is 10. The third-order valence-electron chi connectivity index (χ3n) is 4.41. The smallest absolute Gasteiger partial charge is 0.271 e. The van der Waals surface area contributed by atoms with E-state index in [2.05, 4.69) is 10.5 Å². The molecule has 0 aliphatic rings. The number of nitrogens with one attached hydrogen (secondary N) is 1. The molecule has 6 nitrogen and oxygen atoms in total. The molecule has 0 spiro atoms. The molecule has 0 atom stereocenters. The van der Waals surface area contributed by atoms with Crippen molar-refractivity contribution in [1.82, 2.24) is 5.43 Å². The van der Waals surface area contributed by atoms with Crippen LogP contribution in [0.5, 0.6) is 17.2 Å². The first-order chi connectivity index (χ1) is 15.2. The van der Waals surface area contributed by atoms with Crippen LogP contribution < -0.4 is 19.6 Å². The number of methoxy groups -OCH3 is 1. The summed E-state index contributed by atoms with van der Waals surface area (Å²) in [6.45, 7) is 3.07. The number of carbonyl (C=O) groups excluding carboxylic acids is 1. The fourth-order valence-electron chi connectivity index (χ4n) is 2.82. The maximum Gasteiger partial charge on any atom is 0.271 e. The van der Waals surface area contributed by atoms with E-state index in [0.717, 1.165) is 23.3 Å². The zero-order chi connectivity index (χ0) is 21.9. The van der Waals surface area contributed by atoms with E-state index in [1.54, 1.807) is 24.4 Å². The molecule has 6 heteroatoms. The van der Waals surface area contributed by atoms with Crippen molar-refractivity contribution in [1.29, 1.82) is 0 Å². The van der Waals surface area contributed by atoms with Gasteiger partial charge >= 0.3 is 0 Å². The topological polar surface area (TPSA) is 69.2 Å². The Morgan fingerprint density at radius 3 is 2.48 bits per heavy atom. The van der Waals surface area contributed by atoms with E-state index < -0.39 is 0 Å². The summed E-state index contributed by atoms with van der Waals surface area (Å²) in [7, 11) is 1.54. The lowest BCUT2D eigenvalue weighted by Gasteiger charge is -2.12. The molecule has 1 N–H and O–H groups in total. The van der Waals surface area contributed by atoms with Gasteiger partial charge in [0.2, 0.25) is 0 Å². The number of benzene rings is 3. The van der Waals surface area contributed by atoms with Crippen LogP contribution in [0.1, 0.15) is 34.8 Å². The highest BCUT2D eigenvalue weighted by Gasteiger charge is 2.11. The lowest BCUT2D eigenvalue weighted by molar-refractivity contribution is 0.0954. The Hall–Kier alpha value is -3.80. The zero-order valence-electron chi connectivity index (χ0n) is 17.7. The molecule has 0 saturated heterocycles. The standard InChI is InChI=1S/C25H26N2O4/c1-3-15-30-22-12-8-7-11-21(22)17-26-27-25(28)20-13-14-23(24(16-20)29-2)31-18-19-9-5-4-6-10-19/h4-14,16-17H,3,15,18H2,1-2H3,(H,27,28)/b26-17+. The number of amides is 1. The van der Waals surface area contributed by atoms with Crippen LogP contribution in [0.25, 0.3) is 0 Å². The Morgan fingerprint density at radius 2 is 1.71 bits per heavy atom. The average Bonchev–Trinajstić information content (AvgIpc) is 2.82. The van der Waals surface area contributed by atoms with Gasteiger partial charge in [-0.25, -0.2) is 5.43 Å². The van der Waals surface area contributed by atoms with Crippen molar-refractivity contribution in [3.05, 3.63) is 89.5 Å². The summed E-state index contributed by atoms with van der Waals surface area (Å²) in [6.07, 6.45) is 2.48. The summed E-state index contributed by atoms with van der Waals surface area (Å²) < 4.78 is 16.9. The van der Waals surface area contributed by atoms with Crippen molar-refractivity contribution in [3.63, 3.8) is 0 Å². The summed E-state index contributed by atoms with van der Waals surface area (Å²) in [4.78, 5) is 12.5. The van der Waals surface area contributed by atoms with E-state index in [1.807, 2.05) is 61.5 Å². The van der Waals surface area contributed by atoms with Gasteiger partial charge in [0.15, 0.2) is 11.5 Å². The highest BCUT2D eigenvalue weighted by Crippen LogP contribution is 2.29. The van der Waals surface area contributed by atoms with E-state index in [9.17, 15) is 4.79 Å². The molecule has 160 valence electrons. The third-order valence-corrected chi connectivity index (χ3v) is 4.41. The Labute approximate surface area is 182 Å². The van der Waals surface area contributed by atoms with Gasteiger partial charge in [-0.3, -0.25) is 4.79 Å². The summed E-state index contributed by atoms with van der Waals surface area (Å²) in [5.41, 5.74) is 4.79. The number of ether oxygens (including phenoxy) is 3. The maximum atomic E-state index is 12.5. The van der Waals surface area contributed by atoms with Gasteiger partial charge in [-0.05, 0) is 42.3 Å². The van der Waals surface area contributed by atoms with Gasteiger partial charge in [-0.2, -0.15) is 5.10 Å². The molecule has 1 amide bonds. The number of hydrazone groups is 1. The second-order valence-corrected chi connectivity index (χ2v) is 6.73. The lowest BCUT2D eigenvalue weighted by atomic mass is 10.2. The minimum Gasteiger partial charge on any atom is -0.493 e. The maximum absolute atomic E-state index is 12.5. The van der Waals surface area contributed by atoms with Crippen molar-refractivity contribution in [2.45, 2.75) is 20.0 Å². The quantitative estimate of drug-likeness (QED) is 0.378. The van der Waals surface area contributed by atoms with Gasteiger partial charge in [0, 0.05) is 11.1 Å². The number of carbonyl (C=O) groups is 1. The van der Waals surface area contributed by atoms with Gasteiger partial charge in [0.05, 0.1) is 19.9 Å². The largest absolute Gasteiger partial charge is 0.493 e. The summed E-state index contributed by atoms with van der Waals surface area (Å²) in [5, 5.41) is 4.06. The molecule has 3 aromatic carbocycles. The first kappa shape index (κ1) is 21.9. The minimum atomic E-state index is -0.351. The Morgan fingerprint density at radius 1 is 0.935 bits per heavy atom. The Bertz CT molecular complexity index is 1020. The second kappa shape index (κ2) is 11.4. The normalized spacial score (nSPS) is 10.6. The Kier molecular flexibility index (Phi) is 8.05. The van der Waals surface area contributed by atoms with Crippen molar-refractivity contribution in [2.75, 3.05) is 13.7 Å². The molecule has 0 heterocycles. The van der Waals surface area contributed by atoms with Crippen LogP contribution in [-0.2, 0) is 6.61 Å². The number of hydrogen-bond donors (Lipinski definition) is 1. The lowest BCUT2D eigenvalue weighted by Crippen LogP contribution is -2.17. The number of hydrogen-bond acceptors (Lipinski definition) is 5. The van der Waals surface area contributed by atoms with Crippen molar-refractivity contribution in [2.24, 2.45) is 5.10 Å². The molecule has 0 fully saturated rings. The van der Waals surface area contributed by atoms with Crippen molar-refractivity contribution in [3.8, 4) is 17.2 Å². The SMILES string of the molecule is CCCOc1ccccc1/C=N/NC(=O)c1ccc(OCc2ccccc2)c(OC)c1. The molecule has 3 aromatic rings. The highest BCUT2D eigenvalue weighted by atomic mass is 16.5. The van der Waals surface area contributed by atoms with E-state index in [0.29, 0.717) is 30.3 Å². The van der Waals surface area contributed by atoms with Crippen LogP contribution in [0.2, 0.25) is 0 Å².